The van der Waals surface area contributed by atoms with Crippen LogP contribution in [0, 0.1) is 0 Å². The molecule has 0 aromatic heterocycles. The maximum absolute atomic E-state index is 8.53. The Kier molecular flexibility index (Phi) is 5.44. The smallest absolute Gasteiger partial charge is 0.140 e. The second-order valence-electron chi connectivity index (χ2n) is 4.19. The van der Waals surface area contributed by atoms with Gasteiger partial charge >= 0.3 is 0 Å². The lowest BCUT2D eigenvalue weighted by Crippen LogP contribution is -2.32. The molecule has 3 N–H and O–H groups in total. The number of benzene rings is 1. The summed E-state index contributed by atoms with van der Waals surface area (Å²) in [6.45, 7) is 2.88. The minimum absolute atomic E-state index is 0.227. The van der Waals surface area contributed by atoms with Gasteiger partial charge in [0.15, 0.2) is 0 Å². The molecule has 0 spiro atoms. The van der Waals surface area contributed by atoms with E-state index in [4.69, 9.17) is 10.9 Å². The number of hydrogen-bond acceptors (Lipinski definition) is 3. The summed E-state index contributed by atoms with van der Waals surface area (Å²) in [4.78, 5) is 2.17. The first-order valence-electron chi connectivity index (χ1n) is 5.44. The van der Waals surface area contributed by atoms with E-state index in [0.29, 0.717) is 6.42 Å². The number of amidine groups is 1. The van der Waals surface area contributed by atoms with E-state index in [9.17, 15) is 0 Å². The van der Waals surface area contributed by atoms with Crippen LogP contribution < -0.4 is 5.73 Å². The van der Waals surface area contributed by atoms with Crippen molar-refractivity contribution in [1.29, 1.82) is 0 Å². The predicted molar refractivity (Wildman–Crippen MR) is 73.1 cm³/mol. The third-order valence-electron chi connectivity index (χ3n) is 2.71. The maximum atomic E-state index is 8.53. The van der Waals surface area contributed by atoms with Crippen molar-refractivity contribution in [2.45, 2.75) is 25.9 Å². The zero-order valence-electron chi connectivity index (χ0n) is 10.1. The van der Waals surface area contributed by atoms with Crippen LogP contribution in [0.2, 0.25) is 0 Å². The molecule has 0 bridgehead atoms. The van der Waals surface area contributed by atoms with Gasteiger partial charge in [-0.25, -0.2) is 0 Å². The van der Waals surface area contributed by atoms with Crippen molar-refractivity contribution in [1.82, 2.24) is 4.90 Å². The SMILES string of the molecule is CC(C/C(N)=N/O)N(C)Cc1cccc(Br)c1. The molecule has 1 atom stereocenters. The van der Waals surface area contributed by atoms with E-state index in [1.165, 1.54) is 5.56 Å². The topological polar surface area (TPSA) is 61.9 Å². The molecule has 0 aliphatic heterocycles. The van der Waals surface area contributed by atoms with Crippen LogP contribution in [0.3, 0.4) is 0 Å². The zero-order chi connectivity index (χ0) is 12.8. The predicted octanol–water partition coefficient (Wildman–Crippen LogP) is 2.41. The van der Waals surface area contributed by atoms with E-state index in [0.717, 1.165) is 11.0 Å². The lowest BCUT2D eigenvalue weighted by atomic mass is 10.1. The molecule has 1 rings (SSSR count). The van der Waals surface area contributed by atoms with Gasteiger partial charge in [0, 0.05) is 23.5 Å². The van der Waals surface area contributed by atoms with Crippen molar-refractivity contribution in [3.05, 3.63) is 34.3 Å². The third-order valence-corrected chi connectivity index (χ3v) is 3.20. The summed E-state index contributed by atoms with van der Waals surface area (Å²) in [5.41, 5.74) is 6.72. The average Bonchev–Trinajstić information content (AvgIpc) is 2.28. The van der Waals surface area contributed by atoms with Crippen molar-refractivity contribution in [3.63, 3.8) is 0 Å². The summed E-state index contributed by atoms with van der Waals surface area (Å²) in [6.07, 6.45) is 0.557. The number of nitrogens with two attached hydrogens (primary N) is 1. The molecule has 0 radical (unpaired) electrons. The number of rotatable bonds is 5. The molecule has 1 unspecified atom stereocenters. The number of nitrogens with zero attached hydrogens (tertiary/aromatic N) is 2. The second-order valence-corrected chi connectivity index (χ2v) is 5.11. The molecule has 0 aliphatic carbocycles. The number of halogens is 1. The third kappa shape index (κ3) is 4.75. The van der Waals surface area contributed by atoms with Crippen molar-refractivity contribution in [3.8, 4) is 0 Å². The quantitative estimate of drug-likeness (QED) is 0.380. The maximum Gasteiger partial charge on any atom is 0.140 e. The molecule has 0 saturated heterocycles. The van der Waals surface area contributed by atoms with Crippen LogP contribution in [0.25, 0.3) is 0 Å². The highest BCUT2D eigenvalue weighted by atomic mass is 79.9. The first-order valence-corrected chi connectivity index (χ1v) is 6.23. The van der Waals surface area contributed by atoms with E-state index in [1.54, 1.807) is 0 Å². The Balaban J connectivity index is 2.56. The van der Waals surface area contributed by atoms with Crippen LogP contribution in [0.4, 0.5) is 0 Å². The molecular formula is C12H18BrN3O. The Hall–Kier alpha value is -1.07. The molecule has 5 heteroatoms. The van der Waals surface area contributed by atoms with Gasteiger partial charge in [0.05, 0.1) is 0 Å². The fourth-order valence-corrected chi connectivity index (χ4v) is 2.03. The summed E-state index contributed by atoms with van der Waals surface area (Å²) in [6, 6.07) is 8.42. The fraction of sp³-hybridized carbons (Fsp3) is 0.417. The molecule has 0 saturated carbocycles. The van der Waals surface area contributed by atoms with Crippen molar-refractivity contribution in [2.24, 2.45) is 10.9 Å². The van der Waals surface area contributed by atoms with Gasteiger partial charge in [0.1, 0.15) is 5.84 Å². The molecule has 4 nitrogen and oxygen atoms in total. The lowest BCUT2D eigenvalue weighted by molar-refractivity contribution is 0.251. The van der Waals surface area contributed by atoms with Gasteiger partial charge in [-0.15, -0.1) is 0 Å². The van der Waals surface area contributed by atoms with Gasteiger partial charge in [-0.2, -0.15) is 0 Å². The van der Waals surface area contributed by atoms with E-state index in [1.807, 2.05) is 19.2 Å². The highest BCUT2D eigenvalue weighted by molar-refractivity contribution is 9.10. The Morgan fingerprint density at radius 3 is 2.88 bits per heavy atom. The number of oxime groups is 1. The van der Waals surface area contributed by atoms with Crippen LogP contribution in [0.15, 0.2) is 33.9 Å². The van der Waals surface area contributed by atoms with Crippen molar-refractivity contribution in [2.75, 3.05) is 7.05 Å². The molecular weight excluding hydrogens is 282 g/mol. The van der Waals surface area contributed by atoms with Crippen LogP contribution in [0.1, 0.15) is 18.9 Å². The molecule has 0 fully saturated rings. The van der Waals surface area contributed by atoms with Crippen LogP contribution >= 0.6 is 15.9 Å². The van der Waals surface area contributed by atoms with Crippen LogP contribution in [0.5, 0.6) is 0 Å². The summed E-state index contributed by atoms with van der Waals surface area (Å²) < 4.78 is 1.08. The second kappa shape index (κ2) is 6.61. The fourth-order valence-electron chi connectivity index (χ4n) is 1.58. The zero-order valence-corrected chi connectivity index (χ0v) is 11.7. The Morgan fingerprint density at radius 2 is 2.29 bits per heavy atom. The highest BCUT2D eigenvalue weighted by Crippen LogP contribution is 2.14. The summed E-state index contributed by atoms with van der Waals surface area (Å²) >= 11 is 3.45. The van der Waals surface area contributed by atoms with Gasteiger partial charge in [-0.1, -0.05) is 33.2 Å². The highest BCUT2D eigenvalue weighted by Gasteiger charge is 2.11. The van der Waals surface area contributed by atoms with Crippen molar-refractivity contribution >= 4 is 21.8 Å². The van der Waals surface area contributed by atoms with Gasteiger partial charge in [0.25, 0.3) is 0 Å². The van der Waals surface area contributed by atoms with Gasteiger partial charge in [-0.05, 0) is 31.7 Å². The summed E-state index contributed by atoms with van der Waals surface area (Å²) in [7, 11) is 2.02. The van der Waals surface area contributed by atoms with Gasteiger partial charge in [-0.3, -0.25) is 4.90 Å². The van der Waals surface area contributed by atoms with E-state index in [-0.39, 0.29) is 11.9 Å². The summed E-state index contributed by atoms with van der Waals surface area (Å²) in [5, 5.41) is 11.5. The molecule has 0 aliphatic rings. The van der Waals surface area contributed by atoms with E-state index in [2.05, 4.69) is 45.0 Å². The van der Waals surface area contributed by atoms with E-state index < -0.39 is 0 Å². The lowest BCUT2D eigenvalue weighted by Gasteiger charge is -2.24. The number of hydrogen-bond donors (Lipinski definition) is 2. The Labute approximate surface area is 110 Å². The summed E-state index contributed by atoms with van der Waals surface area (Å²) in [5.74, 6) is 0.263. The van der Waals surface area contributed by atoms with Gasteiger partial charge in [0.2, 0.25) is 0 Å². The largest absolute Gasteiger partial charge is 0.409 e. The Bertz CT molecular complexity index is 395. The standard InChI is InChI=1S/C12H18BrN3O/c1-9(6-12(14)15-17)16(2)8-10-4-3-5-11(13)7-10/h3-5,7,9,17H,6,8H2,1-2H3,(H2,14,15). The normalized spacial score (nSPS) is 14.0. The monoisotopic (exact) mass is 299 g/mol. The van der Waals surface area contributed by atoms with Crippen molar-refractivity contribution < 1.29 is 5.21 Å². The van der Waals surface area contributed by atoms with E-state index >= 15 is 0 Å². The van der Waals surface area contributed by atoms with Gasteiger partial charge < -0.3 is 10.9 Å². The average molecular weight is 300 g/mol. The molecule has 0 heterocycles. The molecule has 1 aromatic carbocycles. The minimum Gasteiger partial charge on any atom is -0.409 e. The molecule has 1 aromatic rings. The minimum atomic E-state index is 0.227. The van der Waals surface area contributed by atoms with Crippen LogP contribution in [-0.4, -0.2) is 29.0 Å². The molecule has 94 valence electrons. The Morgan fingerprint density at radius 1 is 1.59 bits per heavy atom. The molecule has 0 amide bonds. The van der Waals surface area contributed by atoms with Crippen LogP contribution in [-0.2, 0) is 6.54 Å². The first kappa shape index (κ1) is 14.0. The first-order chi connectivity index (χ1) is 8.02. The molecule has 17 heavy (non-hydrogen) atoms.